The average Bonchev–Trinajstić information content (AvgIpc) is 2.71. The van der Waals surface area contributed by atoms with Gasteiger partial charge in [-0.1, -0.05) is 0 Å². The summed E-state index contributed by atoms with van der Waals surface area (Å²) in [6.07, 6.45) is 4.40. The van der Waals surface area contributed by atoms with Gasteiger partial charge in [0.25, 0.3) is 0 Å². The lowest BCUT2D eigenvalue weighted by molar-refractivity contribution is 0.109. The molecule has 0 aromatic carbocycles. The van der Waals surface area contributed by atoms with Crippen molar-refractivity contribution in [3.63, 3.8) is 0 Å². The van der Waals surface area contributed by atoms with Crippen LogP contribution in [0.5, 0.6) is 0 Å². The predicted octanol–water partition coefficient (Wildman–Crippen LogP) is 1.25. The quantitative estimate of drug-likeness (QED) is 0.643. The highest BCUT2D eigenvalue weighted by atomic mass is 16.4. The number of aromatic nitrogens is 1. The van der Waals surface area contributed by atoms with E-state index in [2.05, 4.69) is 9.88 Å². The lowest BCUT2D eigenvalue weighted by Gasteiger charge is -2.14. The summed E-state index contributed by atoms with van der Waals surface area (Å²) in [6, 6.07) is 0.258. The fraction of sp³-hybridized carbons (Fsp3) is 0.556. The number of carbonyl (C=O) groups excluding carboxylic acids is 1. The van der Waals surface area contributed by atoms with E-state index in [1.165, 1.54) is 12.6 Å². The molecule has 70 valence electrons. The topological polar surface area (TPSA) is 46.3 Å². The first-order valence-corrected chi connectivity index (χ1v) is 4.42. The smallest absolute Gasteiger partial charge is 0.212 e. The first-order chi connectivity index (χ1) is 6.31. The Kier molecular flexibility index (Phi) is 2.14. The Balaban J connectivity index is 2.19. The van der Waals surface area contributed by atoms with Crippen LogP contribution < -0.4 is 0 Å². The van der Waals surface area contributed by atoms with Crippen LogP contribution in [0.2, 0.25) is 0 Å². The molecule has 0 spiro atoms. The van der Waals surface area contributed by atoms with Crippen molar-refractivity contribution in [2.24, 2.45) is 0 Å². The minimum atomic E-state index is 0.258. The molecule has 13 heavy (non-hydrogen) atoms. The highest BCUT2D eigenvalue weighted by Crippen LogP contribution is 2.29. The summed E-state index contributed by atoms with van der Waals surface area (Å²) < 4.78 is 5.27. The molecule has 1 unspecified atom stereocenters. The minimum absolute atomic E-state index is 0.258. The number of hydrogen-bond donors (Lipinski definition) is 0. The van der Waals surface area contributed by atoms with Crippen LogP contribution in [0.15, 0.2) is 10.6 Å². The molecule has 0 radical (unpaired) electrons. The van der Waals surface area contributed by atoms with Crippen LogP contribution in [-0.4, -0.2) is 29.8 Å². The van der Waals surface area contributed by atoms with Crippen LogP contribution in [0, 0.1) is 0 Å². The van der Waals surface area contributed by atoms with Gasteiger partial charge in [-0.05, 0) is 26.4 Å². The Morgan fingerprint density at radius 1 is 1.77 bits per heavy atom. The molecule has 0 amide bonds. The number of oxazole rings is 1. The zero-order valence-electron chi connectivity index (χ0n) is 7.56. The number of carbonyl (C=O) groups is 1. The molecule has 2 rings (SSSR count). The van der Waals surface area contributed by atoms with E-state index in [1.54, 1.807) is 0 Å². The van der Waals surface area contributed by atoms with E-state index in [-0.39, 0.29) is 6.04 Å². The Morgan fingerprint density at radius 2 is 2.62 bits per heavy atom. The normalized spacial score (nSPS) is 23.6. The number of hydrogen-bond acceptors (Lipinski definition) is 4. The molecule has 1 aromatic rings. The van der Waals surface area contributed by atoms with Crippen molar-refractivity contribution in [2.75, 3.05) is 13.6 Å². The summed E-state index contributed by atoms with van der Waals surface area (Å²) >= 11 is 0. The molecule has 0 N–H and O–H groups in total. The van der Waals surface area contributed by atoms with E-state index in [0.29, 0.717) is 17.9 Å². The van der Waals surface area contributed by atoms with Gasteiger partial charge in [-0.15, -0.1) is 0 Å². The zero-order valence-corrected chi connectivity index (χ0v) is 7.56. The number of nitrogens with zero attached hydrogens (tertiary/aromatic N) is 2. The van der Waals surface area contributed by atoms with Crippen LogP contribution in [0.4, 0.5) is 0 Å². The Hall–Kier alpha value is -1.16. The van der Waals surface area contributed by atoms with E-state index >= 15 is 0 Å². The molecule has 0 aliphatic carbocycles. The Labute approximate surface area is 76.6 Å². The summed E-state index contributed by atoms with van der Waals surface area (Å²) in [5.41, 5.74) is 0. The minimum Gasteiger partial charge on any atom is -0.436 e. The highest BCUT2D eigenvalue weighted by molar-refractivity contribution is 5.69. The maximum Gasteiger partial charge on any atom is 0.212 e. The fourth-order valence-electron chi connectivity index (χ4n) is 1.73. The number of likely N-dealkylation sites (tertiary alicyclic amines) is 1. The van der Waals surface area contributed by atoms with Crippen molar-refractivity contribution in [1.29, 1.82) is 0 Å². The molecule has 4 heteroatoms. The summed E-state index contributed by atoms with van der Waals surface area (Å²) in [7, 11) is 2.04. The zero-order chi connectivity index (χ0) is 9.26. The van der Waals surface area contributed by atoms with Gasteiger partial charge in [-0.25, -0.2) is 4.98 Å². The van der Waals surface area contributed by atoms with E-state index in [0.717, 1.165) is 13.0 Å². The molecule has 1 aromatic heterocycles. The molecule has 1 aliphatic rings. The highest BCUT2D eigenvalue weighted by Gasteiger charge is 2.26. The second-order valence-electron chi connectivity index (χ2n) is 3.36. The van der Waals surface area contributed by atoms with Gasteiger partial charge < -0.3 is 4.42 Å². The SMILES string of the molecule is CN1CCCC1c1ncc(C=O)o1. The molecule has 1 saturated heterocycles. The molecular formula is C9H12N2O2. The van der Waals surface area contributed by atoms with Crippen molar-refractivity contribution < 1.29 is 9.21 Å². The molecule has 4 nitrogen and oxygen atoms in total. The summed E-state index contributed by atoms with van der Waals surface area (Å²) in [6.45, 7) is 1.07. The molecule has 1 atom stereocenters. The maximum atomic E-state index is 10.4. The predicted molar refractivity (Wildman–Crippen MR) is 46.5 cm³/mol. The molecule has 2 heterocycles. The Bertz CT molecular complexity index is 308. The molecular weight excluding hydrogens is 168 g/mol. The van der Waals surface area contributed by atoms with Gasteiger partial charge in [0, 0.05) is 0 Å². The number of rotatable bonds is 2. The van der Waals surface area contributed by atoms with Crippen molar-refractivity contribution >= 4 is 6.29 Å². The van der Waals surface area contributed by atoms with Gasteiger partial charge in [0.2, 0.25) is 5.89 Å². The molecule has 1 aliphatic heterocycles. The van der Waals surface area contributed by atoms with Crippen LogP contribution in [-0.2, 0) is 0 Å². The maximum absolute atomic E-state index is 10.4. The van der Waals surface area contributed by atoms with Gasteiger partial charge in [-0.3, -0.25) is 9.69 Å². The summed E-state index contributed by atoms with van der Waals surface area (Å²) in [5.74, 6) is 0.984. The van der Waals surface area contributed by atoms with Crippen molar-refractivity contribution in [3.8, 4) is 0 Å². The third-order valence-electron chi connectivity index (χ3n) is 2.46. The van der Waals surface area contributed by atoms with Gasteiger partial charge in [0.15, 0.2) is 12.0 Å². The first kappa shape index (κ1) is 8.44. The largest absolute Gasteiger partial charge is 0.436 e. The van der Waals surface area contributed by atoms with Crippen molar-refractivity contribution in [3.05, 3.63) is 17.8 Å². The van der Waals surface area contributed by atoms with Crippen LogP contribution >= 0.6 is 0 Å². The molecule has 1 fully saturated rings. The van der Waals surface area contributed by atoms with E-state index in [9.17, 15) is 4.79 Å². The van der Waals surface area contributed by atoms with E-state index in [1.807, 2.05) is 7.05 Å². The van der Waals surface area contributed by atoms with Gasteiger partial charge in [-0.2, -0.15) is 0 Å². The second kappa shape index (κ2) is 3.30. The van der Waals surface area contributed by atoms with Crippen molar-refractivity contribution in [2.45, 2.75) is 18.9 Å². The van der Waals surface area contributed by atoms with Crippen LogP contribution in [0.3, 0.4) is 0 Å². The van der Waals surface area contributed by atoms with Crippen LogP contribution in [0.25, 0.3) is 0 Å². The van der Waals surface area contributed by atoms with Gasteiger partial charge in [0.1, 0.15) is 0 Å². The monoisotopic (exact) mass is 180 g/mol. The van der Waals surface area contributed by atoms with Gasteiger partial charge in [0.05, 0.1) is 12.2 Å². The summed E-state index contributed by atoms with van der Waals surface area (Å²) in [5, 5.41) is 0. The van der Waals surface area contributed by atoms with E-state index < -0.39 is 0 Å². The average molecular weight is 180 g/mol. The summed E-state index contributed by atoms with van der Waals surface area (Å²) in [4.78, 5) is 16.6. The second-order valence-corrected chi connectivity index (χ2v) is 3.36. The first-order valence-electron chi connectivity index (χ1n) is 4.42. The van der Waals surface area contributed by atoms with Crippen molar-refractivity contribution in [1.82, 2.24) is 9.88 Å². The van der Waals surface area contributed by atoms with Crippen LogP contribution in [0.1, 0.15) is 35.3 Å². The molecule has 0 saturated carbocycles. The Morgan fingerprint density at radius 3 is 3.15 bits per heavy atom. The lowest BCUT2D eigenvalue weighted by Crippen LogP contribution is -2.17. The molecule has 0 bridgehead atoms. The third-order valence-corrected chi connectivity index (χ3v) is 2.46. The third kappa shape index (κ3) is 1.49. The number of aldehydes is 1. The van der Waals surface area contributed by atoms with E-state index in [4.69, 9.17) is 4.42 Å². The fourth-order valence-corrected chi connectivity index (χ4v) is 1.73. The van der Waals surface area contributed by atoms with Gasteiger partial charge >= 0.3 is 0 Å². The lowest BCUT2D eigenvalue weighted by atomic mass is 10.2. The standard InChI is InChI=1S/C9H12N2O2/c1-11-4-2-3-8(11)9-10-5-7(6-12)13-9/h5-6,8H,2-4H2,1H3.